The highest BCUT2D eigenvalue weighted by Crippen LogP contribution is 2.40. The molecule has 86 valence electrons. The molecule has 1 aliphatic carbocycles. The van der Waals surface area contributed by atoms with Crippen molar-refractivity contribution in [3.63, 3.8) is 0 Å². The van der Waals surface area contributed by atoms with Gasteiger partial charge in [0.05, 0.1) is 0 Å². The van der Waals surface area contributed by atoms with E-state index in [2.05, 4.69) is 9.55 Å². The van der Waals surface area contributed by atoms with Gasteiger partial charge in [0.1, 0.15) is 5.82 Å². The molecule has 3 rings (SSSR count). The second-order valence-corrected chi connectivity index (χ2v) is 4.99. The molecule has 1 N–H and O–H groups in total. The van der Waals surface area contributed by atoms with E-state index in [1.165, 1.54) is 24.4 Å². The number of aromatic nitrogens is 2. The highest BCUT2D eigenvalue weighted by atomic mass is 16.4. The van der Waals surface area contributed by atoms with E-state index >= 15 is 0 Å². The van der Waals surface area contributed by atoms with Gasteiger partial charge in [0.2, 0.25) is 0 Å². The summed E-state index contributed by atoms with van der Waals surface area (Å²) in [7, 11) is 0. The molecule has 0 radical (unpaired) electrons. The van der Waals surface area contributed by atoms with Crippen LogP contribution in [0.5, 0.6) is 0 Å². The molecule has 2 aliphatic rings. The summed E-state index contributed by atoms with van der Waals surface area (Å²) in [5, 5.41) is 8.79. The van der Waals surface area contributed by atoms with Gasteiger partial charge in [0.15, 0.2) is 0 Å². The monoisotopic (exact) mass is 220 g/mol. The molecule has 4 nitrogen and oxygen atoms in total. The van der Waals surface area contributed by atoms with Gasteiger partial charge < -0.3 is 9.67 Å². The molecule has 1 saturated carbocycles. The number of fused-ring (bicyclic) bond motifs is 1. The van der Waals surface area contributed by atoms with Crippen molar-refractivity contribution in [3.05, 3.63) is 17.7 Å². The highest BCUT2D eigenvalue weighted by molar-refractivity contribution is 5.67. The van der Waals surface area contributed by atoms with Crippen molar-refractivity contribution in [2.24, 2.45) is 5.92 Å². The number of carbonyl (C=O) groups is 1. The fraction of sp³-hybridized carbons (Fsp3) is 0.667. The SMILES string of the molecule is O=C(O)CC1CCn2c(cnc2C2CC2)C1. The first-order valence-electron chi connectivity index (χ1n) is 6.00. The Kier molecular flexibility index (Phi) is 2.23. The summed E-state index contributed by atoms with van der Waals surface area (Å²) < 4.78 is 2.32. The van der Waals surface area contributed by atoms with Crippen molar-refractivity contribution in [1.29, 1.82) is 0 Å². The molecular weight excluding hydrogens is 204 g/mol. The fourth-order valence-electron chi connectivity index (χ4n) is 2.65. The highest BCUT2D eigenvalue weighted by Gasteiger charge is 2.31. The minimum Gasteiger partial charge on any atom is -0.481 e. The normalized spacial score (nSPS) is 24.1. The Hall–Kier alpha value is -1.32. The maximum atomic E-state index is 10.7. The summed E-state index contributed by atoms with van der Waals surface area (Å²) in [4.78, 5) is 15.2. The van der Waals surface area contributed by atoms with Gasteiger partial charge >= 0.3 is 5.97 Å². The topological polar surface area (TPSA) is 55.1 Å². The van der Waals surface area contributed by atoms with Crippen molar-refractivity contribution >= 4 is 5.97 Å². The van der Waals surface area contributed by atoms with Crippen LogP contribution in [0, 0.1) is 5.92 Å². The van der Waals surface area contributed by atoms with E-state index in [9.17, 15) is 4.79 Å². The number of rotatable bonds is 3. The summed E-state index contributed by atoms with van der Waals surface area (Å²) >= 11 is 0. The predicted octanol–water partition coefficient (Wildman–Crippen LogP) is 1.80. The van der Waals surface area contributed by atoms with Crippen molar-refractivity contribution < 1.29 is 9.90 Å². The largest absolute Gasteiger partial charge is 0.481 e. The zero-order valence-corrected chi connectivity index (χ0v) is 9.22. The van der Waals surface area contributed by atoms with Gasteiger partial charge in [-0.2, -0.15) is 0 Å². The smallest absolute Gasteiger partial charge is 0.303 e. The maximum Gasteiger partial charge on any atom is 0.303 e. The Bertz CT molecular complexity index is 421. The van der Waals surface area contributed by atoms with Gasteiger partial charge in [0.25, 0.3) is 0 Å². The van der Waals surface area contributed by atoms with Gasteiger partial charge in [-0.3, -0.25) is 4.79 Å². The molecule has 0 saturated heterocycles. The van der Waals surface area contributed by atoms with Crippen LogP contribution in [0.4, 0.5) is 0 Å². The van der Waals surface area contributed by atoms with Gasteiger partial charge in [-0.1, -0.05) is 0 Å². The van der Waals surface area contributed by atoms with E-state index in [1.54, 1.807) is 0 Å². The zero-order chi connectivity index (χ0) is 11.1. The Balaban J connectivity index is 1.77. The van der Waals surface area contributed by atoms with Crippen LogP contribution in [0.15, 0.2) is 6.20 Å². The van der Waals surface area contributed by atoms with Crippen LogP contribution in [0.25, 0.3) is 0 Å². The standard InChI is InChI=1S/C12H16N2O2/c15-11(16)6-8-3-4-14-10(5-8)7-13-12(14)9-1-2-9/h7-9H,1-6H2,(H,15,16). The fourth-order valence-corrected chi connectivity index (χ4v) is 2.65. The molecule has 2 heterocycles. The Labute approximate surface area is 94.3 Å². The van der Waals surface area contributed by atoms with Gasteiger partial charge in [-0.05, 0) is 31.6 Å². The van der Waals surface area contributed by atoms with Crippen LogP contribution < -0.4 is 0 Å². The second-order valence-electron chi connectivity index (χ2n) is 4.99. The van der Waals surface area contributed by atoms with Gasteiger partial charge in [-0.15, -0.1) is 0 Å². The van der Waals surface area contributed by atoms with Crippen LogP contribution in [0.2, 0.25) is 0 Å². The van der Waals surface area contributed by atoms with Crippen molar-refractivity contribution in [3.8, 4) is 0 Å². The first-order chi connectivity index (χ1) is 7.74. The van der Waals surface area contributed by atoms with Crippen LogP contribution >= 0.6 is 0 Å². The van der Waals surface area contributed by atoms with Gasteiger partial charge in [0, 0.05) is 30.8 Å². The van der Waals surface area contributed by atoms with Crippen LogP contribution in [-0.2, 0) is 17.8 Å². The lowest BCUT2D eigenvalue weighted by Crippen LogP contribution is -2.22. The van der Waals surface area contributed by atoms with Crippen molar-refractivity contribution in [1.82, 2.24) is 9.55 Å². The first kappa shape index (κ1) is 9.87. The number of imidazole rings is 1. The molecule has 0 aromatic carbocycles. The lowest BCUT2D eigenvalue weighted by Gasteiger charge is -2.23. The number of hydrogen-bond donors (Lipinski definition) is 1. The third kappa shape index (κ3) is 1.72. The number of aliphatic carboxylic acids is 1. The molecule has 16 heavy (non-hydrogen) atoms. The Morgan fingerprint density at radius 3 is 3.00 bits per heavy atom. The lowest BCUT2D eigenvalue weighted by atomic mass is 9.93. The minimum absolute atomic E-state index is 0.296. The van der Waals surface area contributed by atoms with E-state index in [4.69, 9.17) is 5.11 Å². The van der Waals surface area contributed by atoms with E-state index in [0.717, 1.165) is 19.4 Å². The molecule has 1 atom stereocenters. The van der Waals surface area contributed by atoms with E-state index < -0.39 is 5.97 Å². The van der Waals surface area contributed by atoms with E-state index in [0.29, 0.717) is 18.3 Å². The summed E-state index contributed by atoms with van der Waals surface area (Å²) in [5.74, 6) is 1.54. The molecule has 1 aromatic heterocycles. The molecule has 0 spiro atoms. The average molecular weight is 220 g/mol. The maximum absolute atomic E-state index is 10.7. The number of nitrogens with zero attached hydrogens (tertiary/aromatic N) is 2. The number of hydrogen-bond acceptors (Lipinski definition) is 2. The second kappa shape index (κ2) is 3.61. The molecule has 0 bridgehead atoms. The van der Waals surface area contributed by atoms with Gasteiger partial charge in [-0.25, -0.2) is 4.98 Å². The van der Waals surface area contributed by atoms with Crippen LogP contribution in [-0.4, -0.2) is 20.6 Å². The van der Waals surface area contributed by atoms with Crippen molar-refractivity contribution in [2.45, 2.75) is 44.6 Å². The van der Waals surface area contributed by atoms with Crippen LogP contribution in [0.1, 0.15) is 43.1 Å². The van der Waals surface area contributed by atoms with Crippen LogP contribution in [0.3, 0.4) is 0 Å². The number of carboxylic acids is 1. The first-order valence-corrected chi connectivity index (χ1v) is 6.00. The summed E-state index contributed by atoms with van der Waals surface area (Å²) in [5.41, 5.74) is 1.24. The molecule has 1 fully saturated rings. The Morgan fingerprint density at radius 2 is 2.31 bits per heavy atom. The minimum atomic E-state index is -0.680. The Morgan fingerprint density at radius 1 is 1.50 bits per heavy atom. The summed E-state index contributed by atoms with van der Waals surface area (Å²) in [6.45, 7) is 0.957. The third-order valence-electron chi connectivity index (χ3n) is 3.63. The predicted molar refractivity (Wildman–Crippen MR) is 58.3 cm³/mol. The molecule has 1 unspecified atom stereocenters. The van der Waals surface area contributed by atoms with E-state index in [-0.39, 0.29) is 0 Å². The summed E-state index contributed by atoms with van der Waals surface area (Å²) in [6, 6.07) is 0. The van der Waals surface area contributed by atoms with Crippen molar-refractivity contribution in [2.75, 3.05) is 0 Å². The average Bonchev–Trinajstić information content (AvgIpc) is 2.98. The molecule has 0 amide bonds. The lowest BCUT2D eigenvalue weighted by molar-refractivity contribution is -0.138. The molecular formula is C12H16N2O2. The third-order valence-corrected chi connectivity index (χ3v) is 3.63. The molecule has 4 heteroatoms. The summed E-state index contributed by atoms with van der Waals surface area (Å²) in [6.07, 6.45) is 6.65. The zero-order valence-electron chi connectivity index (χ0n) is 9.22. The molecule has 1 aromatic rings. The number of carboxylic acid groups (broad SMARTS) is 1. The molecule has 1 aliphatic heterocycles. The quantitative estimate of drug-likeness (QED) is 0.845. The van der Waals surface area contributed by atoms with E-state index in [1.807, 2.05) is 6.20 Å².